The van der Waals surface area contributed by atoms with Crippen molar-refractivity contribution in [2.24, 2.45) is 0 Å². The average Bonchev–Trinajstić information content (AvgIpc) is 3.62. The van der Waals surface area contributed by atoms with E-state index in [-0.39, 0.29) is 33.9 Å². The van der Waals surface area contributed by atoms with Crippen molar-refractivity contribution in [1.29, 1.82) is 0 Å². The van der Waals surface area contributed by atoms with Crippen LogP contribution in [0.5, 0.6) is 0 Å². The van der Waals surface area contributed by atoms with E-state index in [1.165, 1.54) is 43.0 Å². The molecule has 7 rings (SSSR count). The molecular weight excluding hydrogens is 704 g/mol. The van der Waals surface area contributed by atoms with E-state index in [9.17, 15) is 35.9 Å². The summed E-state index contributed by atoms with van der Waals surface area (Å²) in [6.07, 6.45) is 6.52. The Morgan fingerprint density at radius 1 is 0.736 bits per heavy atom. The number of carbonyl (C=O) groups excluding carboxylic acids is 2. The van der Waals surface area contributed by atoms with E-state index < -0.39 is 37.0 Å². The minimum absolute atomic E-state index is 0.0460. The molecule has 0 bridgehead atoms. The fraction of sp³-hybridized carbons (Fsp3) is 0.351. The maximum Gasteiger partial charge on any atom is 0.315 e. The molecule has 2 aliphatic rings. The summed E-state index contributed by atoms with van der Waals surface area (Å²) in [6, 6.07) is 13.2. The number of benzene rings is 2. The van der Waals surface area contributed by atoms with Crippen LogP contribution in [-0.4, -0.2) is 54.8 Å². The molecule has 2 aromatic carbocycles. The molecule has 0 atom stereocenters. The molecule has 1 N–H and O–H groups in total. The van der Waals surface area contributed by atoms with Crippen molar-refractivity contribution in [2.45, 2.75) is 75.0 Å². The molecule has 16 heteroatoms. The van der Waals surface area contributed by atoms with Crippen LogP contribution in [0, 0.1) is 11.6 Å². The first-order chi connectivity index (χ1) is 25.4. The van der Waals surface area contributed by atoms with Crippen LogP contribution in [0.1, 0.15) is 84.0 Å². The largest absolute Gasteiger partial charge is 0.415 e. The first kappa shape index (κ1) is 37.2. The molecule has 3 heterocycles. The molecule has 0 radical (unpaired) electrons. The second kappa shape index (κ2) is 16.0. The van der Waals surface area contributed by atoms with Gasteiger partial charge in [-0.3, -0.25) is 9.59 Å². The van der Waals surface area contributed by atoms with Gasteiger partial charge >= 0.3 is 12.9 Å². The molecular formula is C37H33F6N7O3. The highest BCUT2D eigenvalue weighted by Crippen LogP contribution is 2.47. The van der Waals surface area contributed by atoms with Crippen LogP contribution < -0.4 is 5.32 Å². The monoisotopic (exact) mass is 737 g/mol. The Bertz CT molecular complexity index is 2040. The molecule has 10 nitrogen and oxygen atoms in total. The van der Waals surface area contributed by atoms with Gasteiger partial charge in [-0.25, -0.2) is 28.7 Å². The smallest absolute Gasteiger partial charge is 0.315 e. The number of halogens is 6. The SMILES string of the molecule is Fc1cccc(C2(Cc3ncc(-c4nnc(C(F)F)o4)cn3)CCC2)c1.O=C(CNC(=O)C(F)F)c1cnc(CC2(c3cccc(F)c3)CCC2)nc1. The molecule has 2 aliphatic carbocycles. The van der Waals surface area contributed by atoms with Crippen molar-refractivity contribution < 1.29 is 40.3 Å². The molecule has 3 aromatic heterocycles. The zero-order valence-electron chi connectivity index (χ0n) is 28.1. The number of nitrogens with one attached hydrogen (secondary N) is 1. The number of hydrogen-bond donors (Lipinski definition) is 1. The lowest BCUT2D eigenvalue weighted by Gasteiger charge is -2.42. The minimum Gasteiger partial charge on any atom is -0.415 e. The van der Waals surface area contributed by atoms with Crippen molar-refractivity contribution in [1.82, 2.24) is 35.5 Å². The number of alkyl halides is 4. The van der Waals surface area contributed by atoms with Crippen LogP contribution in [0.15, 0.2) is 77.7 Å². The van der Waals surface area contributed by atoms with Crippen molar-refractivity contribution in [3.8, 4) is 11.5 Å². The van der Waals surface area contributed by atoms with Crippen LogP contribution in [0.4, 0.5) is 26.3 Å². The number of amides is 1. The van der Waals surface area contributed by atoms with E-state index in [0.29, 0.717) is 30.1 Å². The van der Waals surface area contributed by atoms with Gasteiger partial charge in [0.2, 0.25) is 0 Å². The van der Waals surface area contributed by atoms with Gasteiger partial charge in [-0.15, -0.1) is 10.2 Å². The highest BCUT2D eigenvalue weighted by Gasteiger charge is 2.40. The lowest BCUT2D eigenvalue weighted by Crippen LogP contribution is -2.37. The van der Waals surface area contributed by atoms with E-state index in [2.05, 4.69) is 30.1 Å². The highest BCUT2D eigenvalue weighted by molar-refractivity contribution is 5.99. The Kier molecular flexibility index (Phi) is 11.2. The first-order valence-electron chi connectivity index (χ1n) is 16.8. The van der Waals surface area contributed by atoms with Gasteiger partial charge in [-0.05, 0) is 61.1 Å². The van der Waals surface area contributed by atoms with Crippen LogP contribution in [0.3, 0.4) is 0 Å². The molecule has 0 saturated heterocycles. The molecule has 2 saturated carbocycles. The van der Waals surface area contributed by atoms with Gasteiger partial charge in [0, 0.05) is 48.5 Å². The summed E-state index contributed by atoms with van der Waals surface area (Å²) >= 11 is 0. The zero-order chi connectivity index (χ0) is 37.6. The number of nitrogens with zero attached hydrogens (tertiary/aromatic N) is 6. The number of hydrogen-bond acceptors (Lipinski definition) is 9. The third-order valence-corrected chi connectivity index (χ3v) is 9.72. The van der Waals surface area contributed by atoms with Gasteiger partial charge in [-0.1, -0.05) is 37.1 Å². The van der Waals surface area contributed by atoms with E-state index in [0.717, 1.165) is 49.7 Å². The molecule has 0 spiro atoms. The van der Waals surface area contributed by atoms with E-state index in [1.54, 1.807) is 18.2 Å². The summed E-state index contributed by atoms with van der Waals surface area (Å²) in [5.41, 5.74) is 2.00. The third-order valence-electron chi connectivity index (χ3n) is 9.72. The van der Waals surface area contributed by atoms with Crippen molar-refractivity contribution >= 4 is 11.7 Å². The number of carbonyl (C=O) groups is 2. The summed E-state index contributed by atoms with van der Waals surface area (Å²) < 4.78 is 81.4. The van der Waals surface area contributed by atoms with E-state index in [4.69, 9.17) is 4.42 Å². The maximum absolute atomic E-state index is 13.6. The summed E-state index contributed by atoms with van der Waals surface area (Å²) in [5, 5.41) is 8.71. The van der Waals surface area contributed by atoms with Crippen LogP contribution in [0.2, 0.25) is 0 Å². The lowest BCUT2D eigenvalue weighted by molar-refractivity contribution is -0.131. The molecule has 5 aromatic rings. The van der Waals surface area contributed by atoms with Crippen molar-refractivity contribution in [3.63, 3.8) is 0 Å². The summed E-state index contributed by atoms with van der Waals surface area (Å²) in [5.74, 6) is -2.25. The van der Waals surface area contributed by atoms with Crippen LogP contribution in [-0.2, 0) is 28.5 Å². The molecule has 1 amide bonds. The Hall–Kier alpha value is -5.54. The maximum atomic E-state index is 13.6. The fourth-order valence-corrected chi connectivity index (χ4v) is 6.52. The predicted molar refractivity (Wildman–Crippen MR) is 177 cm³/mol. The van der Waals surface area contributed by atoms with Gasteiger partial charge in [0.15, 0.2) is 5.78 Å². The van der Waals surface area contributed by atoms with E-state index >= 15 is 0 Å². The summed E-state index contributed by atoms with van der Waals surface area (Å²) in [6.45, 7) is -0.543. The normalized spacial score (nSPS) is 15.5. The number of aromatic nitrogens is 6. The zero-order valence-corrected chi connectivity index (χ0v) is 28.1. The summed E-state index contributed by atoms with van der Waals surface area (Å²) in [7, 11) is 0. The topological polar surface area (TPSA) is 137 Å². The van der Waals surface area contributed by atoms with E-state index in [1.807, 2.05) is 17.4 Å². The molecule has 276 valence electrons. The van der Waals surface area contributed by atoms with Gasteiger partial charge in [0.1, 0.15) is 23.3 Å². The second-order valence-corrected chi connectivity index (χ2v) is 13.1. The molecule has 0 unspecified atom stereocenters. The number of Topliss-reactive ketones (excluding diaryl/α,β-unsaturated/α-hetero) is 1. The Morgan fingerprint density at radius 3 is 1.66 bits per heavy atom. The number of rotatable bonds is 12. The Morgan fingerprint density at radius 2 is 1.25 bits per heavy atom. The second-order valence-electron chi connectivity index (χ2n) is 13.1. The quantitative estimate of drug-likeness (QED) is 0.105. The first-order valence-corrected chi connectivity index (χ1v) is 16.8. The predicted octanol–water partition coefficient (Wildman–Crippen LogP) is 7.11. The third kappa shape index (κ3) is 8.75. The molecule has 53 heavy (non-hydrogen) atoms. The molecule has 0 aliphatic heterocycles. The van der Waals surface area contributed by atoms with Crippen molar-refractivity contribution in [3.05, 3.63) is 119 Å². The standard InChI is InChI=1S/C19H18F3N3O2.C18H15F3N4O/c20-14-4-1-3-13(7-14)19(5-2-6-19)8-16-23-9-12(10-24-16)15(26)11-25-18(27)17(21)22;19-13-4-1-3-12(7-13)18(5-2-6-18)8-14-22-9-11(10-23-14)16-24-25-17(26-16)15(20)21/h1,3-4,7,9-10,17H,2,5-6,8,11H2,(H,25,27);1,3-4,7,9-10,15H,2,5-6,8H2. The van der Waals surface area contributed by atoms with Crippen LogP contribution >= 0.6 is 0 Å². The fourth-order valence-electron chi connectivity index (χ4n) is 6.52. The van der Waals surface area contributed by atoms with Crippen LogP contribution in [0.25, 0.3) is 11.5 Å². The van der Waals surface area contributed by atoms with Gasteiger partial charge in [-0.2, -0.15) is 17.6 Å². The average molecular weight is 738 g/mol. The summed E-state index contributed by atoms with van der Waals surface area (Å²) in [4.78, 5) is 39.7. The molecule has 2 fully saturated rings. The minimum atomic E-state index is -3.17. The highest BCUT2D eigenvalue weighted by atomic mass is 19.3. The Labute approximate surface area is 299 Å². The van der Waals surface area contributed by atoms with Crippen molar-refractivity contribution in [2.75, 3.05) is 6.54 Å². The Balaban J connectivity index is 0.000000181. The van der Waals surface area contributed by atoms with Gasteiger partial charge < -0.3 is 9.73 Å². The lowest BCUT2D eigenvalue weighted by atomic mass is 9.62. The van der Waals surface area contributed by atoms with Gasteiger partial charge in [0.25, 0.3) is 17.7 Å². The van der Waals surface area contributed by atoms with Gasteiger partial charge in [0.05, 0.1) is 17.7 Å². The number of ketones is 1.